The quantitative estimate of drug-likeness (QED) is 0.688. The molecule has 0 aromatic rings. The molecule has 1 aliphatic carbocycles. The Balaban J connectivity index is 2.37. The minimum Gasteiger partial charge on any atom is -0.480 e. The van der Waals surface area contributed by atoms with Gasteiger partial charge in [0.15, 0.2) is 0 Å². The highest BCUT2D eigenvalue weighted by atomic mass is 16.4. The van der Waals surface area contributed by atoms with Crippen LogP contribution in [0.25, 0.3) is 0 Å². The van der Waals surface area contributed by atoms with Gasteiger partial charge in [-0.25, -0.2) is 0 Å². The van der Waals surface area contributed by atoms with Gasteiger partial charge < -0.3 is 10.4 Å². The van der Waals surface area contributed by atoms with E-state index in [4.69, 9.17) is 5.11 Å². The van der Waals surface area contributed by atoms with Crippen LogP contribution in [-0.2, 0) is 4.79 Å². The normalized spacial score (nSPS) is 21.3. The zero-order chi connectivity index (χ0) is 10.6. The Morgan fingerprint density at radius 1 is 1.57 bits per heavy atom. The van der Waals surface area contributed by atoms with E-state index in [1.807, 2.05) is 6.92 Å². The maximum atomic E-state index is 11.1. The molecule has 0 saturated heterocycles. The van der Waals surface area contributed by atoms with E-state index in [2.05, 4.69) is 5.32 Å². The number of rotatable bonds is 6. The van der Waals surface area contributed by atoms with Gasteiger partial charge in [0.2, 0.25) is 0 Å². The van der Waals surface area contributed by atoms with Crippen LogP contribution in [0.4, 0.5) is 0 Å². The maximum absolute atomic E-state index is 11.1. The second-order valence-corrected chi connectivity index (χ2v) is 4.57. The van der Waals surface area contributed by atoms with E-state index in [9.17, 15) is 4.79 Å². The molecule has 1 saturated carbocycles. The van der Waals surface area contributed by atoms with Gasteiger partial charge in [-0.3, -0.25) is 4.79 Å². The lowest BCUT2D eigenvalue weighted by molar-refractivity contribution is -0.144. The third-order valence-corrected chi connectivity index (χ3v) is 3.23. The first-order chi connectivity index (χ1) is 6.58. The number of carboxylic acids is 1. The van der Waals surface area contributed by atoms with E-state index in [1.165, 1.54) is 19.3 Å². The second kappa shape index (κ2) is 4.78. The Morgan fingerprint density at radius 3 is 2.57 bits per heavy atom. The topological polar surface area (TPSA) is 49.3 Å². The van der Waals surface area contributed by atoms with Crippen LogP contribution in [0.3, 0.4) is 0 Å². The summed E-state index contributed by atoms with van der Waals surface area (Å²) in [7, 11) is 0. The first-order valence-electron chi connectivity index (χ1n) is 5.57. The molecule has 82 valence electrons. The van der Waals surface area contributed by atoms with Crippen molar-refractivity contribution >= 4 is 5.97 Å². The van der Waals surface area contributed by atoms with E-state index in [0.717, 1.165) is 13.0 Å². The Morgan fingerprint density at radius 2 is 2.21 bits per heavy atom. The van der Waals surface area contributed by atoms with Crippen molar-refractivity contribution < 1.29 is 9.90 Å². The lowest BCUT2D eigenvalue weighted by atomic mass is 9.84. The summed E-state index contributed by atoms with van der Waals surface area (Å²) in [6.45, 7) is 4.67. The molecule has 14 heavy (non-hydrogen) atoms. The molecule has 0 aromatic heterocycles. The summed E-state index contributed by atoms with van der Waals surface area (Å²) in [5.41, 5.74) is -0.718. The highest BCUT2D eigenvalue weighted by Crippen LogP contribution is 2.26. The third-order valence-electron chi connectivity index (χ3n) is 3.23. The largest absolute Gasteiger partial charge is 0.480 e. The molecule has 1 fully saturated rings. The summed E-state index contributed by atoms with van der Waals surface area (Å²) in [6.07, 6.45) is 5.43. The van der Waals surface area contributed by atoms with Crippen molar-refractivity contribution in [3.63, 3.8) is 0 Å². The minimum atomic E-state index is -0.723. The van der Waals surface area contributed by atoms with Gasteiger partial charge in [-0.15, -0.1) is 0 Å². The minimum absolute atomic E-state index is 0.703. The van der Waals surface area contributed by atoms with Gasteiger partial charge in [-0.05, 0) is 38.6 Å². The molecule has 1 aliphatic rings. The summed E-state index contributed by atoms with van der Waals surface area (Å²) in [6, 6.07) is 0. The summed E-state index contributed by atoms with van der Waals surface area (Å²) < 4.78 is 0. The Kier molecular flexibility index (Phi) is 3.93. The van der Waals surface area contributed by atoms with Gasteiger partial charge in [-0.1, -0.05) is 19.8 Å². The molecular weight excluding hydrogens is 178 g/mol. The second-order valence-electron chi connectivity index (χ2n) is 4.57. The maximum Gasteiger partial charge on any atom is 0.323 e. The summed E-state index contributed by atoms with van der Waals surface area (Å²) >= 11 is 0. The van der Waals surface area contributed by atoms with Crippen LogP contribution >= 0.6 is 0 Å². The van der Waals surface area contributed by atoms with Crippen LogP contribution < -0.4 is 5.32 Å². The van der Waals surface area contributed by atoms with Gasteiger partial charge in [-0.2, -0.15) is 0 Å². The monoisotopic (exact) mass is 199 g/mol. The number of nitrogens with one attached hydrogen (secondary N) is 1. The fourth-order valence-corrected chi connectivity index (χ4v) is 1.84. The van der Waals surface area contributed by atoms with Gasteiger partial charge in [0.1, 0.15) is 5.54 Å². The molecule has 0 radical (unpaired) electrons. The molecule has 3 nitrogen and oxygen atoms in total. The average molecular weight is 199 g/mol. The predicted molar refractivity (Wildman–Crippen MR) is 56.3 cm³/mol. The van der Waals surface area contributed by atoms with E-state index >= 15 is 0 Å². The molecule has 0 amide bonds. The van der Waals surface area contributed by atoms with Crippen LogP contribution in [0.5, 0.6) is 0 Å². The van der Waals surface area contributed by atoms with Crippen molar-refractivity contribution in [1.82, 2.24) is 5.32 Å². The molecule has 1 rings (SSSR count). The van der Waals surface area contributed by atoms with Crippen molar-refractivity contribution in [3.8, 4) is 0 Å². The molecule has 0 spiro atoms. The van der Waals surface area contributed by atoms with Crippen LogP contribution in [-0.4, -0.2) is 23.2 Å². The highest BCUT2D eigenvalue weighted by molar-refractivity contribution is 5.78. The lowest BCUT2D eigenvalue weighted by Gasteiger charge is -2.32. The van der Waals surface area contributed by atoms with E-state index in [0.29, 0.717) is 12.3 Å². The van der Waals surface area contributed by atoms with Crippen LogP contribution in [0.15, 0.2) is 0 Å². The van der Waals surface area contributed by atoms with Crippen LogP contribution in [0.2, 0.25) is 0 Å². The zero-order valence-electron chi connectivity index (χ0n) is 9.18. The van der Waals surface area contributed by atoms with Crippen LogP contribution in [0.1, 0.15) is 46.0 Å². The third kappa shape index (κ3) is 2.71. The lowest BCUT2D eigenvalue weighted by Crippen LogP contribution is -2.51. The Labute approximate surface area is 85.9 Å². The molecule has 0 heterocycles. The van der Waals surface area contributed by atoms with Crippen molar-refractivity contribution in [1.29, 1.82) is 0 Å². The molecule has 1 atom stereocenters. The molecule has 3 heteroatoms. The number of carboxylic acid groups (broad SMARTS) is 1. The zero-order valence-corrected chi connectivity index (χ0v) is 9.18. The summed E-state index contributed by atoms with van der Waals surface area (Å²) in [4.78, 5) is 11.1. The number of aliphatic carboxylic acids is 1. The standard InChI is InChI=1S/C11H21NO2/c1-3-7-11(2,10(13)14)12-8-9-5-4-6-9/h9,12H,3-8H2,1-2H3,(H,13,14). The van der Waals surface area contributed by atoms with Crippen molar-refractivity contribution in [2.24, 2.45) is 5.92 Å². The number of hydrogen-bond donors (Lipinski definition) is 2. The molecule has 0 aliphatic heterocycles. The van der Waals surface area contributed by atoms with Gasteiger partial charge >= 0.3 is 5.97 Å². The smallest absolute Gasteiger partial charge is 0.323 e. The molecule has 0 bridgehead atoms. The fourth-order valence-electron chi connectivity index (χ4n) is 1.84. The predicted octanol–water partition coefficient (Wildman–Crippen LogP) is 2.02. The first-order valence-corrected chi connectivity index (χ1v) is 5.57. The molecule has 1 unspecified atom stereocenters. The summed E-state index contributed by atoms with van der Waals surface area (Å²) in [5.74, 6) is -0.01000. The van der Waals surface area contributed by atoms with Crippen LogP contribution in [0, 0.1) is 5.92 Å². The van der Waals surface area contributed by atoms with E-state index in [1.54, 1.807) is 6.92 Å². The van der Waals surface area contributed by atoms with E-state index < -0.39 is 11.5 Å². The van der Waals surface area contributed by atoms with Crippen molar-refractivity contribution in [2.45, 2.75) is 51.5 Å². The van der Waals surface area contributed by atoms with Crippen molar-refractivity contribution in [2.75, 3.05) is 6.54 Å². The Bertz CT molecular complexity index is 201. The SMILES string of the molecule is CCCC(C)(NCC1CCC1)C(=O)O. The highest BCUT2D eigenvalue weighted by Gasteiger charge is 2.32. The molecule has 0 aromatic carbocycles. The van der Waals surface area contributed by atoms with Gasteiger partial charge in [0.05, 0.1) is 0 Å². The van der Waals surface area contributed by atoms with Gasteiger partial charge in [0, 0.05) is 0 Å². The van der Waals surface area contributed by atoms with Crippen molar-refractivity contribution in [3.05, 3.63) is 0 Å². The number of carbonyl (C=O) groups is 1. The van der Waals surface area contributed by atoms with Gasteiger partial charge in [0.25, 0.3) is 0 Å². The number of hydrogen-bond acceptors (Lipinski definition) is 2. The first kappa shape index (κ1) is 11.5. The average Bonchev–Trinajstić information content (AvgIpc) is 2.01. The Hall–Kier alpha value is -0.570. The molecule has 2 N–H and O–H groups in total. The molecular formula is C11H21NO2. The summed E-state index contributed by atoms with van der Waals surface area (Å²) in [5, 5.41) is 12.3. The van der Waals surface area contributed by atoms with E-state index in [-0.39, 0.29) is 0 Å². The fraction of sp³-hybridized carbons (Fsp3) is 0.909.